The summed E-state index contributed by atoms with van der Waals surface area (Å²) >= 11 is 11.9. The number of fused-ring (bicyclic) bond motifs is 1. The molecule has 3 rings (SSSR count). The molecule has 0 aliphatic carbocycles. The van der Waals surface area contributed by atoms with Crippen molar-refractivity contribution in [2.24, 2.45) is 0 Å². The van der Waals surface area contributed by atoms with E-state index in [0.29, 0.717) is 10.0 Å². The molecule has 0 aliphatic heterocycles. The second-order valence-electron chi connectivity index (χ2n) is 6.56. The van der Waals surface area contributed by atoms with Crippen LogP contribution in [0.25, 0.3) is 10.9 Å². The highest BCUT2D eigenvalue weighted by atomic mass is 35.5. The quantitative estimate of drug-likeness (QED) is 0.654. The van der Waals surface area contributed by atoms with E-state index in [1.54, 1.807) is 12.1 Å². The van der Waals surface area contributed by atoms with Crippen LogP contribution >= 0.6 is 23.2 Å². The SMILES string of the molecule is CC(C)(CNS(=O)(=O)c1cccc(Cl)c1)c1c[nH]c2cc(Cl)ccc12. The van der Waals surface area contributed by atoms with Gasteiger partial charge in [-0.1, -0.05) is 49.2 Å². The lowest BCUT2D eigenvalue weighted by atomic mass is 9.85. The lowest BCUT2D eigenvalue weighted by Gasteiger charge is -2.25. The zero-order valence-corrected chi connectivity index (χ0v) is 16.1. The molecule has 0 saturated carbocycles. The van der Waals surface area contributed by atoms with E-state index in [2.05, 4.69) is 9.71 Å². The van der Waals surface area contributed by atoms with Crippen LogP contribution < -0.4 is 4.72 Å². The largest absolute Gasteiger partial charge is 0.361 e. The number of hydrogen-bond acceptors (Lipinski definition) is 2. The lowest BCUT2D eigenvalue weighted by Crippen LogP contribution is -2.36. The highest BCUT2D eigenvalue weighted by Gasteiger charge is 2.27. The number of rotatable bonds is 5. The Morgan fingerprint density at radius 2 is 1.80 bits per heavy atom. The summed E-state index contributed by atoms with van der Waals surface area (Å²) in [7, 11) is -3.63. The summed E-state index contributed by atoms with van der Waals surface area (Å²) in [5.41, 5.74) is 1.53. The van der Waals surface area contributed by atoms with Crippen LogP contribution in [0.4, 0.5) is 0 Å². The second-order valence-corrected chi connectivity index (χ2v) is 9.20. The summed E-state index contributed by atoms with van der Waals surface area (Å²) in [5, 5.41) is 2.06. The maximum absolute atomic E-state index is 12.5. The van der Waals surface area contributed by atoms with Gasteiger partial charge in [-0.05, 0) is 35.9 Å². The molecule has 4 nitrogen and oxygen atoms in total. The van der Waals surface area contributed by atoms with Gasteiger partial charge in [0.15, 0.2) is 0 Å². The summed E-state index contributed by atoms with van der Waals surface area (Å²) in [6.07, 6.45) is 1.90. The average Bonchev–Trinajstić information content (AvgIpc) is 2.97. The molecule has 2 aromatic carbocycles. The number of halogens is 2. The summed E-state index contributed by atoms with van der Waals surface area (Å²) < 4.78 is 27.7. The Hall–Kier alpha value is -1.53. The van der Waals surface area contributed by atoms with Crippen molar-refractivity contribution >= 4 is 44.1 Å². The minimum atomic E-state index is -3.63. The summed E-state index contributed by atoms with van der Waals surface area (Å²) in [5.74, 6) is 0. The van der Waals surface area contributed by atoms with Crippen molar-refractivity contribution < 1.29 is 8.42 Å². The Bertz CT molecular complexity index is 1030. The van der Waals surface area contributed by atoms with Crippen LogP contribution in [-0.2, 0) is 15.4 Å². The van der Waals surface area contributed by atoms with Crippen molar-refractivity contribution in [1.29, 1.82) is 0 Å². The first-order valence-corrected chi connectivity index (χ1v) is 9.95. The Kier molecular flexibility index (Phi) is 4.86. The van der Waals surface area contributed by atoms with Gasteiger partial charge in [-0.3, -0.25) is 0 Å². The normalized spacial score (nSPS) is 12.6. The fourth-order valence-electron chi connectivity index (χ4n) is 2.75. The molecule has 25 heavy (non-hydrogen) atoms. The maximum Gasteiger partial charge on any atom is 0.240 e. The van der Waals surface area contributed by atoms with E-state index in [0.717, 1.165) is 16.5 Å². The Labute approximate surface area is 157 Å². The van der Waals surface area contributed by atoms with E-state index >= 15 is 0 Å². The summed E-state index contributed by atoms with van der Waals surface area (Å²) in [6, 6.07) is 11.8. The Morgan fingerprint density at radius 1 is 1.08 bits per heavy atom. The van der Waals surface area contributed by atoms with E-state index in [4.69, 9.17) is 23.2 Å². The van der Waals surface area contributed by atoms with E-state index in [9.17, 15) is 8.42 Å². The molecule has 0 aliphatic rings. The van der Waals surface area contributed by atoms with Gasteiger partial charge in [0.25, 0.3) is 0 Å². The number of aromatic nitrogens is 1. The fraction of sp³-hybridized carbons (Fsp3) is 0.222. The molecule has 7 heteroatoms. The second kappa shape index (κ2) is 6.65. The predicted molar refractivity (Wildman–Crippen MR) is 103 cm³/mol. The first-order chi connectivity index (χ1) is 11.7. The van der Waals surface area contributed by atoms with E-state index in [1.165, 1.54) is 12.1 Å². The molecule has 0 fully saturated rings. The number of H-pyrrole nitrogens is 1. The zero-order valence-electron chi connectivity index (χ0n) is 13.8. The molecule has 132 valence electrons. The molecule has 0 bridgehead atoms. The molecule has 3 aromatic rings. The third-order valence-electron chi connectivity index (χ3n) is 4.18. The fourth-order valence-corrected chi connectivity index (χ4v) is 4.43. The molecule has 1 heterocycles. The summed E-state index contributed by atoms with van der Waals surface area (Å²) in [4.78, 5) is 3.35. The van der Waals surface area contributed by atoms with Crippen LogP contribution in [0, 0.1) is 0 Å². The van der Waals surface area contributed by atoms with E-state index in [-0.39, 0.29) is 11.4 Å². The molecule has 0 amide bonds. The van der Waals surface area contributed by atoms with Crippen molar-refractivity contribution in [3.8, 4) is 0 Å². The average molecular weight is 397 g/mol. The van der Waals surface area contributed by atoms with Crippen molar-refractivity contribution in [2.45, 2.75) is 24.2 Å². The molecule has 0 saturated heterocycles. The number of nitrogens with one attached hydrogen (secondary N) is 2. The van der Waals surface area contributed by atoms with Gasteiger partial charge < -0.3 is 4.98 Å². The van der Waals surface area contributed by atoms with Crippen molar-refractivity contribution in [3.63, 3.8) is 0 Å². The summed E-state index contributed by atoms with van der Waals surface area (Å²) in [6.45, 7) is 4.23. The molecular formula is C18H18Cl2N2O2S. The predicted octanol–water partition coefficient (Wildman–Crippen LogP) is 4.73. The molecule has 0 radical (unpaired) electrons. The first kappa shape index (κ1) is 18.3. The van der Waals surface area contributed by atoms with Crippen molar-refractivity contribution in [3.05, 3.63) is 64.3 Å². The zero-order chi connectivity index (χ0) is 18.2. The van der Waals surface area contributed by atoms with Gasteiger partial charge in [-0.25, -0.2) is 13.1 Å². The highest BCUT2D eigenvalue weighted by molar-refractivity contribution is 7.89. The monoisotopic (exact) mass is 396 g/mol. The topological polar surface area (TPSA) is 62.0 Å². The van der Waals surface area contributed by atoms with Crippen molar-refractivity contribution in [2.75, 3.05) is 6.54 Å². The number of sulfonamides is 1. The number of benzene rings is 2. The van der Waals surface area contributed by atoms with Crippen LogP contribution in [0.1, 0.15) is 19.4 Å². The van der Waals surface area contributed by atoms with E-state index < -0.39 is 15.4 Å². The number of hydrogen-bond donors (Lipinski definition) is 2. The molecule has 0 spiro atoms. The first-order valence-electron chi connectivity index (χ1n) is 7.71. The Balaban J connectivity index is 1.86. The van der Waals surface area contributed by atoms with Gasteiger partial charge in [0.2, 0.25) is 10.0 Å². The van der Waals surface area contributed by atoms with Crippen LogP contribution in [0.3, 0.4) is 0 Å². The van der Waals surface area contributed by atoms with Gasteiger partial charge >= 0.3 is 0 Å². The van der Waals surface area contributed by atoms with Crippen LogP contribution in [-0.4, -0.2) is 19.9 Å². The molecule has 2 N–H and O–H groups in total. The van der Waals surface area contributed by atoms with Crippen LogP contribution in [0.2, 0.25) is 10.0 Å². The van der Waals surface area contributed by atoms with Gasteiger partial charge in [0.1, 0.15) is 0 Å². The lowest BCUT2D eigenvalue weighted by molar-refractivity contribution is 0.505. The number of aromatic amines is 1. The molecular weight excluding hydrogens is 379 g/mol. The minimum Gasteiger partial charge on any atom is -0.361 e. The van der Waals surface area contributed by atoms with Gasteiger partial charge in [0, 0.05) is 39.1 Å². The third kappa shape index (κ3) is 3.85. The third-order valence-corrected chi connectivity index (χ3v) is 6.05. The standard InChI is InChI=1S/C18H18Cl2N2O2S/c1-18(2,16-10-21-17-9-13(20)6-7-15(16)17)11-22-25(23,24)14-5-3-4-12(19)8-14/h3-10,21-22H,11H2,1-2H3. The van der Waals surface area contributed by atoms with Gasteiger partial charge in [-0.15, -0.1) is 0 Å². The smallest absolute Gasteiger partial charge is 0.240 e. The van der Waals surface area contributed by atoms with E-state index in [1.807, 2.05) is 38.2 Å². The van der Waals surface area contributed by atoms with Crippen LogP contribution in [0.5, 0.6) is 0 Å². The minimum absolute atomic E-state index is 0.154. The Morgan fingerprint density at radius 3 is 2.52 bits per heavy atom. The molecule has 0 atom stereocenters. The van der Waals surface area contributed by atoms with Crippen LogP contribution in [0.15, 0.2) is 53.6 Å². The van der Waals surface area contributed by atoms with Crippen molar-refractivity contribution in [1.82, 2.24) is 9.71 Å². The highest BCUT2D eigenvalue weighted by Crippen LogP contribution is 2.31. The van der Waals surface area contributed by atoms with Gasteiger partial charge in [-0.2, -0.15) is 0 Å². The molecule has 0 unspecified atom stereocenters. The maximum atomic E-state index is 12.5. The molecule has 1 aromatic heterocycles. The van der Waals surface area contributed by atoms with Gasteiger partial charge in [0.05, 0.1) is 4.90 Å².